The lowest BCUT2D eigenvalue weighted by Gasteiger charge is -2.37. The highest BCUT2D eigenvalue weighted by Crippen LogP contribution is 2.33. The first-order chi connectivity index (χ1) is 8.69. The Morgan fingerprint density at radius 3 is 2.72 bits per heavy atom. The Morgan fingerprint density at radius 1 is 1.39 bits per heavy atom. The molecule has 0 radical (unpaired) electrons. The normalized spacial score (nSPS) is 18.4. The lowest BCUT2D eigenvalue weighted by Crippen LogP contribution is -2.44. The third kappa shape index (κ3) is 2.84. The second-order valence-electron chi connectivity index (χ2n) is 4.76. The molecular weight excluding hydrogens is 252 g/mol. The summed E-state index contributed by atoms with van der Waals surface area (Å²) < 4.78 is 0. The number of halogens is 1. The standard InChI is InChI=1S/C12H19ClN4O/c1-14-11-15-7-9(13)10(16-11)17-12(8-18)5-3-2-4-6-12/h7,18H,2-6,8H2,1H3,(H2,14,15,16,17). The molecule has 0 aromatic carbocycles. The van der Waals surface area contributed by atoms with Gasteiger partial charge in [-0.3, -0.25) is 0 Å². The maximum Gasteiger partial charge on any atom is 0.224 e. The average molecular weight is 271 g/mol. The van der Waals surface area contributed by atoms with Gasteiger partial charge in [-0.1, -0.05) is 30.9 Å². The Kier molecular flexibility index (Phi) is 4.24. The van der Waals surface area contributed by atoms with E-state index in [4.69, 9.17) is 11.6 Å². The van der Waals surface area contributed by atoms with Gasteiger partial charge in [-0.05, 0) is 12.8 Å². The van der Waals surface area contributed by atoms with Crippen LogP contribution in [-0.4, -0.2) is 34.3 Å². The van der Waals surface area contributed by atoms with Crippen LogP contribution in [0.2, 0.25) is 5.02 Å². The van der Waals surface area contributed by atoms with Gasteiger partial charge in [-0.15, -0.1) is 0 Å². The van der Waals surface area contributed by atoms with E-state index in [0.29, 0.717) is 16.8 Å². The molecule has 0 aliphatic heterocycles. The molecule has 0 amide bonds. The Bertz CT molecular complexity index is 407. The molecule has 1 aromatic heterocycles. The lowest BCUT2D eigenvalue weighted by molar-refractivity contribution is 0.172. The molecule has 1 heterocycles. The number of aliphatic hydroxyl groups excluding tert-OH is 1. The SMILES string of the molecule is CNc1ncc(Cl)c(NC2(CO)CCCCC2)n1. The fourth-order valence-corrected chi connectivity index (χ4v) is 2.52. The molecule has 1 aliphatic rings. The van der Waals surface area contributed by atoms with E-state index in [9.17, 15) is 5.11 Å². The molecule has 0 atom stereocenters. The maximum atomic E-state index is 9.66. The summed E-state index contributed by atoms with van der Waals surface area (Å²) in [5, 5.41) is 16.3. The minimum absolute atomic E-state index is 0.0994. The highest BCUT2D eigenvalue weighted by atomic mass is 35.5. The molecule has 2 rings (SSSR count). The van der Waals surface area contributed by atoms with Crippen LogP contribution in [0.5, 0.6) is 0 Å². The molecule has 5 nitrogen and oxygen atoms in total. The topological polar surface area (TPSA) is 70.1 Å². The number of hydrogen-bond acceptors (Lipinski definition) is 5. The van der Waals surface area contributed by atoms with Gasteiger partial charge >= 0.3 is 0 Å². The molecule has 18 heavy (non-hydrogen) atoms. The van der Waals surface area contributed by atoms with Crippen LogP contribution in [0.4, 0.5) is 11.8 Å². The van der Waals surface area contributed by atoms with Crippen LogP contribution >= 0.6 is 11.6 Å². The molecule has 0 unspecified atom stereocenters. The van der Waals surface area contributed by atoms with Gasteiger partial charge < -0.3 is 15.7 Å². The van der Waals surface area contributed by atoms with Crippen molar-refractivity contribution in [3.63, 3.8) is 0 Å². The van der Waals surface area contributed by atoms with Gasteiger partial charge in [0.2, 0.25) is 5.95 Å². The summed E-state index contributed by atoms with van der Waals surface area (Å²) in [7, 11) is 1.76. The lowest BCUT2D eigenvalue weighted by atomic mass is 9.82. The highest BCUT2D eigenvalue weighted by molar-refractivity contribution is 6.32. The second-order valence-corrected chi connectivity index (χ2v) is 5.17. The van der Waals surface area contributed by atoms with Crippen LogP contribution in [0.15, 0.2) is 6.20 Å². The Hall–Kier alpha value is -1.07. The van der Waals surface area contributed by atoms with Gasteiger partial charge in [0.15, 0.2) is 5.82 Å². The van der Waals surface area contributed by atoms with Crippen LogP contribution in [0.25, 0.3) is 0 Å². The van der Waals surface area contributed by atoms with Crippen molar-refractivity contribution in [3.8, 4) is 0 Å². The third-order valence-electron chi connectivity index (χ3n) is 3.46. The summed E-state index contributed by atoms with van der Waals surface area (Å²) in [5.74, 6) is 1.11. The molecule has 0 bridgehead atoms. The van der Waals surface area contributed by atoms with Crippen LogP contribution in [0.3, 0.4) is 0 Å². The number of nitrogens with one attached hydrogen (secondary N) is 2. The minimum Gasteiger partial charge on any atom is -0.394 e. The van der Waals surface area contributed by atoms with Crippen molar-refractivity contribution in [2.75, 3.05) is 24.3 Å². The van der Waals surface area contributed by atoms with E-state index in [1.54, 1.807) is 13.2 Å². The first-order valence-corrected chi connectivity index (χ1v) is 6.66. The quantitative estimate of drug-likeness (QED) is 0.783. The molecule has 0 spiro atoms. The molecule has 1 saturated carbocycles. The highest BCUT2D eigenvalue weighted by Gasteiger charge is 2.32. The Labute approximate surface area is 112 Å². The molecule has 100 valence electrons. The predicted molar refractivity (Wildman–Crippen MR) is 73.1 cm³/mol. The number of rotatable bonds is 4. The Balaban J connectivity index is 2.20. The maximum absolute atomic E-state index is 9.66. The molecule has 0 saturated heterocycles. The van der Waals surface area contributed by atoms with Crippen molar-refractivity contribution >= 4 is 23.4 Å². The summed E-state index contributed by atoms with van der Waals surface area (Å²) in [6.45, 7) is 0.0994. The zero-order valence-electron chi connectivity index (χ0n) is 10.5. The third-order valence-corrected chi connectivity index (χ3v) is 3.74. The molecule has 1 aliphatic carbocycles. The van der Waals surface area contributed by atoms with E-state index < -0.39 is 0 Å². The van der Waals surface area contributed by atoms with Crippen molar-refractivity contribution in [3.05, 3.63) is 11.2 Å². The molecule has 6 heteroatoms. The van der Waals surface area contributed by atoms with Crippen LogP contribution in [0.1, 0.15) is 32.1 Å². The van der Waals surface area contributed by atoms with Gasteiger partial charge in [0.25, 0.3) is 0 Å². The zero-order chi connectivity index (χ0) is 13.0. The van der Waals surface area contributed by atoms with E-state index in [1.165, 1.54) is 6.42 Å². The average Bonchev–Trinajstić information content (AvgIpc) is 2.42. The molecular formula is C12H19ClN4O. The fourth-order valence-electron chi connectivity index (χ4n) is 2.38. The molecule has 1 aromatic rings. The minimum atomic E-state index is -0.290. The summed E-state index contributed by atoms with van der Waals surface area (Å²) in [5.41, 5.74) is -0.290. The second kappa shape index (κ2) is 5.71. The van der Waals surface area contributed by atoms with Crippen molar-refractivity contribution in [1.29, 1.82) is 0 Å². The number of hydrogen-bond donors (Lipinski definition) is 3. The van der Waals surface area contributed by atoms with Crippen LogP contribution in [-0.2, 0) is 0 Å². The van der Waals surface area contributed by atoms with Gasteiger partial charge in [-0.25, -0.2) is 4.98 Å². The van der Waals surface area contributed by atoms with Crippen molar-refractivity contribution in [2.45, 2.75) is 37.6 Å². The van der Waals surface area contributed by atoms with Gasteiger partial charge in [0.1, 0.15) is 5.02 Å². The number of nitrogens with zero attached hydrogens (tertiary/aromatic N) is 2. The largest absolute Gasteiger partial charge is 0.394 e. The summed E-state index contributed by atoms with van der Waals surface area (Å²) in [4.78, 5) is 8.34. The van der Waals surface area contributed by atoms with E-state index >= 15 is 0 Å². The summed E-state index contributed by atoms with van der Waals surface area (Å²) in [6.07, 6.45) is 6.92. The van der Waals surface area contributed by atoms with Crippen molar-refractivity contribution < 1.29 is 5.11 Å². The monoisotopic (exact) mass is 270 g/mol. The zero-order valence-corrected chi connectivity index (χ0v) is 11.3. The number of anilines is 2. The van der Waals surface area contributed by atoms with Gasteiger partial charge in [-0.2, -0.15) is 4.98 Å². The van der Waals surface area contributed by atoms with Gasteiger partial charge in [0.05, 0.1) is 18.3 Å². The first kappa shape index (κ1) is 13.4. The summed E-state index contributed by atoms with van der Waals surface area (Å²) >= 11 is 6.09. The van der Waals surface area contributed by atoms with Crippen LogP contribution in [0, 0.1) is 0 Å². The fraction of sp³-hybridized carbons (Fsp3) is 0.667. The number of aliphatic hydroxyl groups is 1. The van der Waals surface area contributed by atoms with Crippen molar-refractivity contribution in [2.24, 2.45) is 0 Å². The first-order valence-electron chi connectivity index (χ1n) is 6.28. The molecule has 1 fully saturated rings. The molecule has 3 N–H and O–H groups in total. The summed E-state index contributed by atoms with van der Waals surface area (Å²) in [6, 6.07) is 0. The van der Waals surface area contributed by atoms with Crippen LogP contribution < -0.4 is 10.6 Å². The van der Waals surface area contributed by atoms with E-state index in [1.807, 2.05) is 0 Å². The van der Waals surface area contributed by atoms with Gasteiger partial charge in [0, 0.05) is 7.05 Å². The van der Waals surface area contributed by atoms with Crippen molar-refractivity contribution in [1.82, 2.24) is 9.97 Å². The predicted octanol–water partition coefficient (Wildman–Crippen LogP) is 2.28. The number of aromatic nitrogens is 2. The van der Waals surface area contributed by atoms with E-state index in [2.05, 4.69) is 20.6 Å². The van der Waals surface area contributed by atoms with E-state index in [0.717, 1.165) is 25.7 Å². The van der Waals surface area contributed by atoms with E-state index in [-0.39, 0.29) is 12.1 Å². The smallest absolute Gasteiger partial charge is 0.224 e. The Morgan fingerprint density at radius 2 is 2.11 bits per heavy atom.